The van der Waals surface area contributed by atoms with E-state index in [1.807, 2.05) is 31.2 Å². The molecular weight excluding hydrogens is 258 g/mol. The molecule has 0 aliphatic carbocycles. The first-order chi connectivity index (χ1) is 9.52. The Balaban J connectivity index is 2.41. The van der Waals surface area contributed by atoms with E-state index in [0.717, 1.165) is 17.7 Å². The van der Waals surface area contributed by atoms with E-state index in [9.17, 15) is 9.59 Å². The highest BCUT2D eigenvalue weighted by atomic mass is 16.5. The molecule has 20 heavy (non-hydrogen) atoms. The second-order valence-electron chi connectivity index (χ2n) is 4.64. The molecule has 0 aromatic heterocycles. The van der Waals surface area contributed by atoms with E-state index < -0.39 is 5.97 Å². The van der Waals surface area contributed by atoms with E-state index in [4.69, 9.17) is 9.84 Å². The number of benzene rings is 1. The van der Waals surface area contributed by atoms with Crippen molar-refractivity contribution in [3.05, 3.63) is 29.8 Å². The van der Waals surface area contributed by atoms with Crippen LogP contribution in [0.15, 0.2) is 24.3 Å². The number of ether oxygens (including phenoxy) is 1. The van der Waals surface area contributed by atoms with Gasteiger partial charge in [-0.15, -0.1) is 0 Å². The second kappa shape index (κ2) is 8.19. The molecule has 1 aromatic rings. The van der Waals surface area contributed by atoms with Crippen molar-refractivity contribution in [3.8, 4) is 5.75 Å². The van der Waals surface area contributed by atoms with Crippen LogP contribution < -0.4 is 4.74 Å². The van der Waals surface area contributed by atoms with Gasteiger partial charge in [-0.05, 0) is 30.5 Å². The highest BCUT2D eigenvalue weighted by Crippen LogP contribution is 2.14. The SMILES string of the molecule is CCCOc1ccc(CCC(=O)N(C)CC(=O)O)cc1. The fraction of sp³-hybridized carbons (Fsp3) is 0.467. The van der Waals surface area contributed by atoms with Crippen molar-refractivity contribution in [2.75, 3.05) is 20.2 Å². The van der Waals surface area contributed by atoms with Crippen molar-refractivity contribution >= 4 is 11.9 Å². The van der Waals surface area contributed by atoms with Gasteiger partial charge in [0.2, 0.25) is 5.91 Å². The van der Waals surface area contributed by atoms with Gasteiger partial charge >= 0.3 is 5.97 Å². The number of rotatable bonds is 8. The van der Waals surface area contributed by atoms with Gasteiger partial charge in [-0.1, -0.05) is 19.1 Å². The third-order valence-corrected chi connectivity index (χ3v) is 2.82. The van der Waals surface area contributed by atoms with Crippen LogP contribution in [0.1, 0.15) is 25.3 Å². The molecule has 0 bridgehead atoms. The molecule has 0 spiro atoms. The van der Waals surface area contributed by atoms with Crippen LogP contribution in [0.25, 0.3) is 0 Å². The van der Waals surface area contributed by atoms with Gasteiger partial charge in [0.15, 0.2) is 0 Å². The van der Waals surface area contributed by atoms with Crippen molar-refractivity contribution < 1.29 is 19.4 Å². The zero-order valence-corrected chi connectivity index (χ0v) is 12.0. The smallest absolute Gasteiger partial charge is 0.323 e. The third-order valence-electron chi connectivity index (χ3n) is 2.82. The first-order valence-corrected chi connectivity index (χ1v) is 6.70. The van der Waals surface area contributed by atoms with E-state index in [1.165, 1.54) is 11.9 Å². The molecule has 1 rings (SSSR count). The lowest BCUT2D eigenvalue weighted by Gasteiger charge is -2.14. The lowest BCUT2D eigenvalue weighted by molar-refractivity contribution is -0.143. The molecule has 0 saturated heterocycles. The van der Waals surface area contributed by atoms with E-state index in [1.54, 1.807) is 0 Å². The Morgan fingerprint density at radius 3 is 2.45 bits per heavy atom. The van der Waals surface area contributed by atoms with Gasteiger partial charge in [0.25, 0.3) is 0 Å². The Morgan fingerprint density at radius 2 is 1.90 bits per heavy atom. The summed E-state index contributed by atoms with van der Waals surface area (Å²) >= 11 is 0. The molecule has 0 atom stereocenters. The van der Waals surface area contributed by atoms with E-state index in [0.29, 0.717) is 19.4 Å². The van der Waals surface area contributed by atoms with Crippen molar-refractivity contribution in [2.24, 2.45) is 0 Å². The Kier molecular flexibility index (Phi) is 6.56. The number of aliphatic carboxylic acids is 1. The molecule has 0 unspecified atom stereocenters. The van der Waals surface area contributed by atoms with Crippen LogP contribution in [0, 0.1) is 0 Å². The largest absolute Gasteiger partial charge is 0.494 e. The monoisotopic (exact) mass is 279 g/mol. The zero-order valence-electron chi connectivity index (χ0n) is 12.0. The van der Waals surface area contributed by atoms with Gasteiger partial charge in [-0.3, -0.25) is 9.59 Å². The summed E-state index contributed by atoms with van der Waals surface area (Å²) in [5.74, 6) is -0.345. The molecule has 1 aromatic carbocycles. The van der Waals surface area contributed by atoms with Crippen molar-refractivity contribution in [1.29, 1.82) is 0 Å². The summed E-state index contributed by atoms with van der Waals surface area (Å²) in [6.07, 6.45) is 1.86. The standard InChI is InChI=1S/C15H21NO4/c1-3-10-20-13-7-4-12(5-8-13)6-9-14(17)16(2)11-15(18)19/h4-5,7-8H,3,6,9-11H2,1-2H3,(H,18,19). The number of nitrogens with zero attached hydrogens (tertiary/aromatic N) is 1. The summed E-state index contributed by atoms with van der Waals surface area (Å²) in [5, 5.41) is 8.61. The topological polar surface area (TPSA) is 66.8 Å². The maximum Gasteiger partial charge on any atom is 0.323 e. The molecule has 0 heterocycles. The van der Waals surface area contributed by atoms with Crippen LogP contribution in [0.2, 0.25) is 0 Å². The number of carbonyl (C=O) groups excluding carboxylic acids is 1. The summed E-state index contributed by atoms with van der Waals surface area (Å²) in [6.45, 7) is 2.48. The maximum absolute atomic E-state index is 11.7. The number of carbonyl (C=O) groups is 2. The number of carboxylic acids is 1. The molecule has 5 nitrogen and oxygen atoms in total. The summed E-state index contributed by atoms with van der Waals surface area (Å²) in [5.41, 5.74) is 1.03. The Morgan fingerprint density at radius 1 is 1.25 bits per heavy atom. The lowest BCUT2D eigenvalue weighted by Crippen LogP contribution is -2.32. The molecule has 0 radical (unpaired) electrons. The molecular formula is C15H21NO4. The highest BCUT2D eigenvalue weighted by molar-refractivity contribution is 5.81. The van der Waals surface area contributed by atoms with Gasteiger partial charge in [-0.25, -0.2) is 0 Å². The zero-order chi connectivity index (χ0) is 15.0. The molecule has 0 aliphatic heterocycles. The predicted octanol–water partition coefficient (Wildman–Crippen LogP) is 1.95. The van der Waals surface area contributed by atoms with Gasteiger partial charge in [0.05, 0.1) is 6.61 Å². The fourth-order valence-corrected chi connectivity index (χ4v) is 1.71. The lowest BCUT2D eigenvalue weighted by atomic mass is 10.1. The number of aryl methyl sites for hydroxylation is 1. The average molecular weight is 279 g/mol. The van der Waals surface area contributed by atoms with Crippen LogP contribution in [0.4, 0.5) is 0 Å². The van der Waals surface area contributed by atoms with Gasteiger partial charge < -0.3 is 14.7 Å². The summed E-state index contributed by atoms with van der Waals surface area (Å²) in [4.78, 5) is 23.4. The van der Waals surface area contributed by atoms with Gasteiger partial charge in [-0.2, -0.15) is 0 Å². The Bertz CT molecular complexity index is 442. The molecule has 0 saturated carbocycles. The van der Waals surface area contributed by atoms with E-state index >= 15 is 0 Å². The number of hydrogen-bond acceptors (Lipinski definition) is 3. The maximum atomic E-state index is 11.7. The molecule has 110 valence electrons. The van der Waals surface area contributed by atoms with E-state index in [-0.39, 0.29) is 12.5 Å². The van der Waals surface area contributed by atoms with Gasteiger partial charge in [0, 0.05) is 13.5 Å². The molecule has 1 N–H and O–H groups in total. The normalized spacial score (nSPS) is 10.1. The van der Waals surface area contributed by atoms with Crippen LogP contribution in [-0.4, -0.2) is 42.1 Å². The molecule has 5 heteroatoms. The number of carboxylic acid groups (broad SMARTS) is 1. The van der Waals surface area contributed by atoms with Crippen LogP contribution in [-0.2, 0) is 16.0 Å². The predicted molar refractivity (Wildman–Crippen MR) is 75.8 cm³/mol. The summed E-state index contributed by atoms with van der Waals surface area (Å²) in [7, 11) is 1.50. The highest BCUT2D eigenvalue weighted by Gasteiger charge is 2.11. The minimum atomic E-state index is -1.00. The van der Waals surface area contributed by atoms with Crippen LogP contribution in [0.3, 0.4) is 0 Å². The molecule has 1 amide bonds. The minimum Gasteiger partial charge on any atom is -0.494 e. The fourth-order valence-electron chi connectivity index (χ4n) is 1.71. The molecule has 0 aliphatic rings. The number of likely N-dealkylation sites (N-methyl/N-ethyl adjacent to an activating group) is 1. The quantitative estimate of drug-likeness (QED) is 0.790. The number of amides is 1. The second-order valence-corrected chi connectivity index (χ2v) is 4.64. The molecule has 0 fully saturated rings. The Labute approximate surface area is 119 Å². The first-order valence-electron chi connectivity index (χ1n) is 6.70. The van der Waals surface area contributed by atoms with Crippen LogP contribution >= 0.6 is 0 Å². The number of hydrogen-bond donors (Lipinski definition) is 1. The van der Waals surface area contributed by atoms with Crippen LogP contribution in [0.5, 0.6) is 5.75 Å². The van der Waals surface area contributed by atoms with Gasteiger partial charge in [0.1, 0.15) is 12.3 Å². The van der Waals surface area contributed by atoms with Crippen molar-refractivity contribution in [1.82, 2.24) is 4.90 Å². The minimum absolute atomic E-state index is 0.168. The summed E-state index contributed by atoms with van der Waals surface area (Å²) < 4.78 is 5.48. The van der Waals surface area contributed by atoms with Crippen molar-refractivity contribution in [3.63, 3.8) is 0 Å². The average Bonchev–Trinajstić information content (AvgIpc) is 2.42. The van der Waals surface area contributed by atoms with Crippen molar-refractivity contribution in [2.45, 2.75) is 26.2 Å². The summed E-state index contributed by atoms with van der Waals surface area (Å²) in [6, 6.07) is 7.62. The van der Waals surface area contributed by atoms with E-state index in [2.05, 4.69) is 0 Å². The third kappa shape index (κ3) is 5.73. The first kappa shape index (κ1) is 16.0. The Hall–Kier alpha value is -2.04.